The first-order valence-corrected chi connectivity index (χ1v) is 7.31. The van der Waals surface area contributed by atoms with E-state index in [4.69, 9.17) is 19.7 Å². The molecule has 1 heterocycles. The third kappa shape index (κ3) is 5.34. The van der Waals surface area contributed by atoms with Crippen molar-refractivity contribution in [2.24, 2.45) is 5.73 Å². The van der Waals surface area contributed by atoms with Gasteiger partial charge in [0.15, 0.2) is 18.5 Å². The SMILES string of the molecule is Cc1cc(NC(=O)[C@@H](C)OC(=O)c2ccc(OCC(N)=O)cc2)no1. The number of amides is 2. The highest BCUT2D eigenvalue weighted by Gasteiger charge is 2.20. The number of ether oxygens (including phenoxy) is 2. The molecular formula is C16H17N3O6. The van der Waals surface area contributed by atoms with E-state index in [9.17, 15) is 14.4 Å². The van der Waals surface area contributed by atoms with Gasteiger partial charge in [-0.3, -0.25) is 9.59 Å². The fourth-order valence-corrected chi connectivity index (χ4v) is 1.78. The monoisotopic (exact) mass is 347 g/mol. The molecule has 132 valence electrons. The lowest BCUT2D eigenvalue weighted by Gasteiger charge is -2.12. The Balaban J connectivity index is 1.89. The molecule has 0 spiro atoms. The molecule has 0 aliphatic heterocycles. The Bertz CT molecular complexity index is 768. The third-order valence-electron chi connectivity index (χ3n) is 3.00. The fourth-order valence-electron chi connectivity index (χ4n) is 1.78. The molecule has 9 nitrogen and oxygen atoms in total. The molecule has 1 aromatic carbocycles. The highest BCUT2D eigenvalue weighted by atomic mass is 16.5. The van der Waals surface area contributed by atoms with E-state index in [0.29, 0.717) is 11.5 Å². The maximum atomic E-state index is 12.0. The van der Waals surface area contributed by atoms with E-state index >= 15 is 0 Å². The number of nitrogens with one attached hydrogen (secondary N) is 1. The number of aromatic nitrogens is 1. The number of benzene rings is 1. The summed E-state index contributed by atoms with van der Waals surface area (Å²) in [6.45, 7) is 2.86. The second-order valence-electron chi connectivity index (χ2n) is 5.14. The van der Waals surface area contributed by atoms with Crippen LogP contribution in [0.25, 0.3) is 0 Å². The summed E-state index contributed by atoms with van der Waals surface area (Å²) in [6.07, 6.45) is -1.03. The second-order valence-corrected chi connectivity index (χ2v) is 5.14. The van der Waals surface area contributed by atoms with E-state index in [1.807, 2.05) is 0 Å². The van der Waals surface area contributed by atoms with Crippen molar-refractivity contribution >= 4 is 23.6 Å². The predicted molar refractivity (Wildman–Crippen MR) is 85.9 cm³/mol. The Morgan fingerprint density at radius 1 is 1.28 bits per heavy atom. The highest BCUT2D eigenvalue weighted by molar-refractivity contribution is 5.96. The maximum absolute atomic E-state index is 12.0. The van der Waals surface area contributed by atoms with Crippen molar-refractivity contribution in [3.8, 4) is 5.75 Å². The standard InChI is InChI=1S/C16H17N3O6/c1-9-7-14(19-25-9)18-15(21)10(2)24-16(22)11-3-5-12(6-4-11)23-8-13(17)20/h3-7,10H,8H2,1-2H3,(H2,17,20)(H,18,19,21)/t10-/m1/s1. The zero-order valence-electron chi connectivity index (χ0n) is 13.6. The number of esters is 1. The first-order chi connectivity index (χ1) is 11.8. The van der Waals surface area contributed by atoms with Gasteiger partial charge in [0.2, 0.25) is 0 Å². The lowest BCUT2D eigenvalue weighted by molar-refractivity contribution is -0.123. The number of hydrogen-bond donors (Lipinski definition) is 2. The van der Waals surface area contributed by atoms with Gasteiger partial charge in [-0.25, -0.2) is 4.79 Å². The lowest BCUT2D eigenvalue weighted by Crippen LogP contribution is -2.30. The van der Waals surface area contributed by atoms with Crippen LogP contribution < -0.4 is 15.8 Å². The van der Waals surface area contributed by atoms with Crippen molar-refractivity contribution in [3.05, 3.63) is 41.7 Å². The summed E-state index contributed by atoms with van der Waals surface area (Å²) in [4.78, 5) is 34.6. The normalized spacial score (nSPS) is 11.4. The Hall–Kier alpha value is -3.36. The van der Waals surface area contributed by atoms with Crippen LogP contribution in [0.3, 0.4) is 0 Å². The van der Waals surface area contributed by atoms with Crippen molar-refractivity contribution < 1.29 is 28.4 Å². The number of nitrogens with two attached hydrogens (primary N) is 1. The van der Waals surface area contributed by atoms with Gasteiger partial charge in [0, 0.05) is 6.07 Å². The van der Waals surface area contributed by atoms with E-state index in [2.05, 4.69) is 10.5 Å². The van der Waals surface area contributed by atoms with E-state index in [1.54, 1.807) is 6.92 Å². The number of carbonyl (C=O) groups is 3. The molecule has 2 rings (SSSR count). The van der Waals surface area contributed by atoms with Gasteiger partial charge in [-0.15, -0.1) is 0 Å². The molecule has 2 amide bonds. The molecule has 9 heteroatoms. The van der Waals surface area contributed by atoms with Crippen LogP contribution in [0, 0.1) is 6.92 Å². The molecule has 3 N–H and O–H groups in total. The van der Waals surface area contributed by atoms with Crippen LogP contribution in [0.4, 0.5) is 5.82 Å². The van der Waals surface area contributed by atoms with Crippen LogP contribution >= 0.6 is 0 Å². The van der Waals surface area contributed by atoms with Crippen molar-refractivity contribution in [2.75, 3.05) is 11.9 Å². The summed E-state index contributed by atoms with van der Waals surface area (Å²) in [5.41, 5.74) is 5.20. The Morgan fingerprint density at radius 2 is 1.96 bits per heavy atom. The van der Waals surface area contributed by atoms with Gasteiger partial charge in [0.1, 0.15) is 11.5 Å². The average molecular weight is 347 g/mol. The summed E-state index contributed by atoms with van der Waals surface area (Å²) in [7, 11) is 0. The molecule has 0 saturated carbocycles. The molecule has 25 heavy (non-hydrogen) atoms. The summed E-state index contributed by atoms with van der Waals surface area (Å²) in [5, 5.41) is 6.09. The van der Waals surface area contributed by atoms with Crippen molar-refractivity contribution in [3.63, 3.8) is 0 Å². The van der Waals surface area contributed by atoms with Gasteiger partial charge in [0.05, 0.1) is 5.56 Å². The predicted octanol–water partition coefficient (Wildman–Crippen LogP) is 1.03. The van der Waals surface area contributed by atoms with E-state index in [-0.39, 0.29) is 18.0 Å². The van der Waals surface area contributed by atoms with Crippen LogP contribution in [-0.4, -0.2) is 35.7 Å². The summed E-state index contributed by atoms with van der Waals surface area (Å²) < 4.78 is 15.0. The molecule has 0 radical (unpaired) electrons. The smallest absolute Gasteiger partial charge is 0.338 e. The van der Waals surface area contributed by atoms with Crippen LogP contribution in [0.15, 0.2) is 34.9 Å². The van der Waals surface area contributed by atoms with Crippen LogP contribution in [-0.2, 0) is 14.3 Å². The number of hydrogen-bond acceptors (Lipinski definition) is 7. The highest BCUT2D eigenvalue weighted by Crippen LogP contribution is 2.14. The molecule has 0 fully saturated rings. The van der Waals surface area contributed by atoms with Crippen LogP contribution in [0.2, 0.25) is 0 Å². The number of aryl methyl sites for hydroxylation is 1. The lowest BCUT2D eigenvalue weighted by atomic mass is 10.2. The Labute approximate surface area is 143 Å². The van der Waals surface area contributed by atoms with Gasteiger partial charge < -0.3 is 25.0 Å². The Kier molecular flexibility index (Phi) is 5.72. The molecule has 0 unspecified atom stereocenters. The minimum atomic E-state index is -1.03. The molecule has 0 saturated heterocycles. The third-order valence-corrected chi connectivity index (χ3v) is 3.00. The van der Waals surface area contributed by atoms with Gasteiger partial charge in [-0.05, 0) is 38.1 Å². The first-order valence-electron chi connectivity index (χ1n) is 7.31. The topological polar surface area (TPSA) is 134 Å². The fraction of sp³-hybridized carbons (Fsp3) is 0.250. The molecule has 0 bridgehead atoms. The average Bonchev–Trinajstić information content (AvgIpc) is 2.98. The number of carbonyl (C=O) groups excluding carboxylic acids is 3. The zero-order chi connectivity index (χ0) is 18.4. The number of primary amides is 1. The molecule has 2 aromatic rings. The molecular weight excluding hydrogens is 330 g/mol. The quantitative estimate of drug-likeness (QED) is 0.714. The zero-order valence-corrected chi connectivity index (χ0v) is 13.6. The second kappa shape index (κ2) is 7.95. The molecule has 0 aliphatic rings. The minimum Gasteiger partial charge on any atom is -0.484 e. The van der Waals surface area contributed by atoms with Gasteiger partial charge in [0.25, 0.3) is 11.8 Å². The molecule has 1 atom stereocenters. The maximum Gasteiger partial charge on any atom is 0.338 e. The van der Waals surface area contributed by atoms with Crippen molar-refractivity contribution in [1.29, 1.82) is 0 Å². The van der Waals surface area contributed by atoms with Crippen molar-refractivity contribution in [2.45, 2.75) is 20.0 Å². The van der Waals surface area contributed by atoms with Crippen LogP contribution in [0.5, 0.6) is 5.75 Å². The van der Waals surface area contributed by atoms with E-state index < -0.39 is 23.9 Å². The number of rotatable bonds is 7. The summed E-state index contributed by atoms with van der Waals surface area (Å²) >= 11 is 0. The summed E-state index contributed by atoms with van der Waals surface area (Å²) in [6, 6.07) is 7.41. The van der Waals surface area contributed by atoms with Gasteiger partial charge in [-0.2, -0.15) is 0 Å². The number of nitrogens with zero attached hydrogens (tertiary/aromatic N) is 1. The van der Waals surface area contributed by atoms with Gasteiger partial charge >= 0.3 is 5.97 Å². The van der Waals surface area contributed by atoms with E-state index in [1.165, 1.54) is 37.3 Å². The minimum absolute atomic E-state index is 0.225. The summed E-state index contributed by atoms with van der Waals surface area (Å²) in [5.74, 6) is -0.670. The van der Waals surface area contributed by atoms with Crippen LogP contribution in [0.1, 0.15) is 23.0 Å². The number of anilines is 1. The molecule has 1 aromatic heterocycles. The largest absolute Gasteiger partial charge is 0.484 e. The molecule has 0 aliphatic carbocycles. The van der Waals surface area contributed by atoms with Crippen molar-refractivity contribution in [1.82, 2.24) is 5.16 Å². The van der Waals surface area contributed by atoms with Gasteiger partial charge in [-0.1, -0.05) is 5.16 Å². The Morgan fingerprint density at radius 3 is 2.52 bits per heavy atom. The first kappa shape index (κ1) is 18.0. The van der Waals surface area contributed by atoms with E-state index in [0.717, 1.165) is 0 Å².